The SMILES string of the molecule is CCN(CC(=O)O)C1CCN(C(=O)NC(C)c2cccc3ccccc23)CC1. The molecule has 1 unspecified atom stereocenters. The van der Waals surface area contributed by atoms with Gasteiger partial charge in [0, 0.05) is 19.1 Å². The van der Waals surface area contributed by atoms with Crippen LogP contribution in [0.5, 0.6) is 0 Å². The number of fused-ring (bicyclic) bond motifs is 1. The van der Waals surface area contributed by atoms with Crippen LogP contribution >= 0.6 is 0 Å². The third kappa shape index (κ3) is 4.62. The van der Waals surface area contributed by atoms with E-state index in [1.54, 1.807) is 0 Å². The number of rotatable bonds is 6. The molecule has 1 heterocycles. The summed E-state index contributed by atoms with van der Waals surface area (Å²) in [6.07, 6.45) is 1.61. The van der Waals surface area contributed by atoms with E-state index in [4.69, 9.17) is 5.11 Å². The zero-order valence-corrected chi connectivity index (χ0v) is 16.6. The Kier molecular flexibility index (Phi) is 6.52. The van der Waals surface area contributed by atoms with Crippen molar-refractivity contribution in [1.29, 1.82) is 0 Å². The summed E-state index contributed by atoms with van der Waals surface area (Å²) in [6, 6.07) is 14.4. The number of hydrogen-bond acceptors (Lipinski definition) is 3. The molecule has 1 atom stereocenters. The molecule has 0 spiro atoms. The molecule has 0 saturated carbocycles. The molecule has 1 aliphatic heterocycles. The monoisotopic (exact) mass is 383 g/mol. The van der Waals surface area contributed by atoms with E-state index in [9.17, 15) is 9.59 Å². The molecule has 1 saturated heterocycles. The number of hydrogen-bond donors (Lipinski definition) is 2. The standard InChI is InChI=1S/C22H29N3O3/c1-3-24(15-21(26)27)18-11-13-25(14-12-18)22(28)23-16(2)19-10-6-8-17-7-4-5-9-20(17)19/h4-10,16,18H,3,11-15H2,1-2H3,(H,23,28)(H,26,27). The first-order chi connectivity index (χ1) is 13.5. The Balaban J connectivity index is 1.59. The number of carboxylic acids is 1. The van der Waals surface area contributed by atoms with E-state index in [0.717, 1.165) is 23.8 Å². The van der Waals surface area contributed by atoms with Gasteiger partial charge in [0.05, 0.1) is 12.6 Å². The Morgan fingerprint density at radius 1 is 1.18 bits per heavy atom. The molecule has 150 valence electrons. The Bertz CT molecular complexity index is 825. The van der Waals surface area contributed by atoms with Crippen LogP contribution in [0, 0.1) is 0 Å². The van der Waals surface area contributed by atoms with Crippen molar-refractivity contribution in [1.82, 2.24) is 15.1 Å². The van der Waals surface area contributed by atoms with Crippen molar-refractivity contribution in [2.45, 2.75) is 38.8 Å². The van der Waals surface area contributed by atoms with Crippen LogP contribution in [-0.4, -0.2) is 59.1 Å². The van der Waals surface area contributed by atoms with Gasteiger partial charge in [-0.05, 0) is 42.6 Å². The quantitative estimate of drug-likeness (QED) is 0.801. The molecular weight excluding hydrogens is 354 g/mol. The normalized spacial score (nSPS) is 16.3. The van der Waals surface area contributed by atoms with Crippen molar-refractivity contribution in [3.8, 4) is 0 Å². The molecular formula is C22H29N3O3. The third-order valence-corrected chi connectivity index (χ3v) is 5.64. The Labute approximate surface area is 166 Å². The Hall–Kier alpha value is -2.60. The highest BCUT2D eigenvalue weighted by Crippen LogP contribution is 2.24. The number of benzene rings is 2. The van der Waals surface area contributed by atoms with Crippen molar-refractivity contribution in [3.63, 3.8) is 0 Å². The minimum absolute atomic E-state index is 0.0554. The lowest BCUT2D eigenvalue weighted by molar-refractivity contribution is -0.139. The number of likely N-dealkylation sites (tertiary alicyclic amines) is 1. The average molecular weight is 383 g/mol. The van der Waals surface area contributed by atoms with Gasteiger partial charge in [-0.2, -0.15) is 0 Å². The summed E-state index contributed by atoms with van der Waals surface area (Å²) in [5.74, 6) is -0.800. The van der Waals surface area contributed by atoms with Crippen LogP contribution < -0.4 is 5.32 Å². The van der Waals surface area contributed by atoms with Crippen LogP contribution in [0.15, 0.2) is 42.5 Å². The summed E-state index contributed by atoms with van der Waals surface area (Å²) in [4.78, 5) is 27.6. The zero-order valence-electron chi connectivity index (χ0n) is 16.6. The molecule has 2 aromatic rings. The maximum Gasteiger partial charge on any atom is 0.317 e. The summed E-state index contributed by atoms with van der Waals surface area (Å²) in [5, 5.41) is 14.5. The van der Waals surface area contributed by atoms with Gasteiger partial charge in [0.25, 0.3) is 0 Å². The minimum atomic E-state index is -0.800. The van der Waals surface area contributed by atoms with Crippen LogP contribution in [0.2, 0.25) is 0 Å². The van der Waals surface area contributed by atoms with Crippen molar-refractivity contribution < 1.29 is 14.7 Å². The number of nitrogens with zero attached hydrogens (tertiary/aromatic N) is 2. The predicted octanol–water partition coefficient (Wildman–Crippen LogP) is 3.48. The number of likely N-dealkylation sites (N-methyl/N-ethyl adjacent to an activating group) is 1. The van der Waals surface area contributed by atoms with E-state index < -0.39 is 5.97 Å². The number of aliphatic carboxylic acids is 1. The number of carbonyl (C=O) groups excluding carboxylic acids is 1. The van der Waals surface area contributed by atoms with Crippen molar-refractivity contribution in [3.05, 3.63) is 48.0 Å². The molecule has 3 rings (SSSR count). The van der Waals surface area contributed by atoms with E-state index in [1.807, 2.05) is 41.8 Å². The molecule has 6 heteroatoms. The molecule has 2 aromatic carbocycles. The van der Waals surface area contributed by atoms with Gasteiger partial charge in [0.2, 0.25) is 0 Å². The van der Waals surface area contributed by atoms with Crippen molar-refractivity contribution in [2.75, 3.05) is 26.2 Å². The highest BCUT2D eigenvalue weighted by Gasteiger charge is 2.27. The average Bonchev–Trinajstić information content (AvgIpc) is 2.71. The van der Waals surface area contributed by atoms with Crippen LogP contribution in [-0.2, 0) is 4.79 Å². The first-order valence-corrected chi connectivity index (χ1v) is 9.98. The largest absolute Gasteiger partial charge is 0.480 e. The summed E-state index contributed by atoms with van der Waals surface area (Å²) in [6.45, 7) is 6.06. The second-order valence-corrected chi connectivity index (χ2v) is 7.41. The summed E-state index contributed by atoms with van der Waals surface area (Å²) in [7, 11) is 0. The molecule has 1 aliphatic rings. The third-order valence-electron chi connectivity index (χ3n) is 5.64. The number of carboxylic acid groups (broad SMARTS) is 1. The Morgan fingerprint density at radius 2 is 1.86 bits per heavy atom. The molecule has 2 N–H and O–H groups in total. The lowest BCUT2D eigenvalue weighted by Gasteiger charge is -2.37. The first-order valence-electron chi connectivity index (χ1n) is 9.98. The zero-order chi connectivity index (χ0) is 20.1. The molecule has 1 fully saturated rings. The molecule has 6 nitrogen and oxygen atoms in total. The maximum atomic E-state index is 12.7. The van der Waals surface area contributed by atoms with Gasteiger partial charge < -0.3 is 15.3 Å². The number of amides is 2. The fourth-order valence-electron chi connectivity index (χ4n) is 4.09. The minimum Gasteiger partial charge on any atom is -0.480 e. The van der Waals surface area contributed by atoms with Gasteiger partial charge in [-0.25, -0.2) is 4.79 Å². The van der Waals surface area contributed by atoms with Gasteiger partial charge in [0.15, 0.2) is 0 Å². The van der Waals surface area contributed by atoms with Gasteiger partial charge in [-0.3, -0.25) is 9.69 Å². The van der Waals surface area contributed by atoms with Crippen LogP contribution in [0.1, 0.15) is 38.3 Å². The van der Waals surface area contributed by atoms with E-state index in [0.29, 0.717) is 19.6 Å². The van der Waals surface area contributed by atoms with Gasteiger partial charge in [-0.15, -0.1) is 0 Å². The molecule has 2 amide bonds. The molecule has 28 heavy (non-hydrogen) atoms. The number of urea groups is 1. The van der Waals surface area contributed by atoms with Gasteiger partial charge in [-0.1, -0.05) is 49.4 Å². The Morgan fingerprint density at radius 3 is 2.54 bits per heavy atom. The number of carbonyl (C=O) groups is 2. The first kappa shape index (κ1) is 20.1. The topological polar surface area (TPSA) is 72.9 Å². The van der Waals surface area contributed by atoms with E-state index in [1.165, 1.54) is 5.39 Å². The molecule has 0 bridgehead atoms. The molecule has 0 aromatic heterocycles. The lowest BCUT2D eigenvalue weighted by Crippen LogP contribution is -2.50. The predicted molar refractivity (Wildman–Crippen MR) is 110 cm³/mol. The summed E-state index contributed by atoms with van der Waals surface area (Å²) in [5.41, 5.74) is 1.11. The fourth-order valence-corrected chi connectivity index (χ4v) is 4.09. The second kappa shape index (κ2) is 9.06. The van der Waals surface area contributed by atoms with Gasteiger partial charge in [0.1, 0.15) is 0 Å². The fraction of sp³-hybridized carbons (Fsp3) is 0.455. The summed E-state index contributed by atoms with van der Waals surface area (Å²) < 4.78 is 0. The summed E-state index contributed by atoms with van der Waals surface area (Å²) >= 11 is 0. The number of nitrogens with one attached hydrogen (secondary N) is 1. The van der Waals surface area contributed by atoms with Crippen molar-refractivity contribution in [2.24, 2.45) is 0 Å². The number of piperidine rings is 1. The lowest BCUT2D eigenvalue weighted by atomic mass is 9.99. The van der Waals surface area contributed by atoms with E-state index >= 15 is 0 Å². The second-order valence-electron chi connectivity index (χ2n) is 7.41. The maximum absolute atomic E-state index is 12.7. The van der Waals surface area contributed by atoms with E-state index in [2.05, 4.69) is 29.6 Å². The van der Waals surface area contributed by atoms with E-state index in [-0.39, 0.29) is 24.7 Å². The van der Waals surface area contributed by atoms with Crippen molar-refractivity contribution >= 4 is 22.8 Å². The molecule has 0 radical (unpaired) electrons. The smallest absolute Gasteiger partial charge is 0.317 e. The van der Waals surface area contributed by atoms with Crippen LogP contribution in [0.4, 0.5) is 4.79 Å². The van der Waals surface area contributed by atoms with Crippen LogP contribution in [0.3, 0.4) is 0 Å². The molecule has 0 aliphatic carbocycles. The highest BCUT2D eigenvalue weighted by atomic mass is 16.4. The van der Waals surface area contributed by atoms with Gasteiger partial charge >= 0.3 is 12.0 Å². The van der Waals surface area contributed by atoms with Crippen LogP contribution in [0.25, 0.3) is 10.8 Å². The highest BCUT2D eigenvalue weighted by molar-refractivity contribution is 5.86.